The number of hydrogen-bond donors (Lipinski definition) is 2. The van der Waals surface area contributed by atoms with Crippen LogP contribution in [0.2, 0.25) is 0 Å². The third kappa shape index (κ3) is 7.68. The molecule has 0 bridgehead atoms. The van der Waals surface area contributed by atoms with Gasteiger partial charge in [0.2, 0.25) is 0 Å². The number of nitrogens with one attached hydrogen (secondary N) is 2. The van der Waals surface area contributed by atoms with Crippen molar-refractivity contribution >= 4 is 23.4 Å². The summed E-state index contributed by atoms with van der Waals surface area (Å²) in [6, 6.07) is 12.0. The molecule has 1 heterocycles. The number of nitrogens with zero attached hydrogens (tertiary/aromatic N) is 1. The van der Waals surface area contributed by atoms with Crippen LogP contribution in [-0.4, -0.2) is 35.3 Å². The zero-order valence-corrected chi connectivity index (χ0v) is 22.7. The molecule has 38 heavy (non-hydrogen) atoms. The molecule has 0 spiro atoms. The minimum Gasteiger partial charge on any atom is -0.489 e. The highest BCUT2D eigenvalue weighted by molar-refractivity contribution is 6.01. The molecule has 7 nitrogen and oxygen atoms in total. The van der Waals surface area contributed by atoms with Crippen molar-refractivity contribution in [1.29, 1.82) is 0 Å². The topological polar surface area (TPSA) is 87.7 Å². The van der Waals surface area contributed by atoms with E-state index in [2.05, 4.69) is 17.2 Å². The molecule has 3 amide bonds. The number of ketones is 1. The number of fused-ring (bicyclic) bond motifs is 1. The van der Waals surface area contributed by atoms with Gasteiger partial charge in [-0.15, -0.1) is 0 Å². The van der Waals surface area contributed by atoms with Crippen LogP contribution in [-0.2, 0) is 17.9 Å². The molecule has 3 rings (SSSR count). The molecule has 0 radical (unpaired) electrons. The van der Waals surface area contributed by atoms with Crippen molar-refractivity contribution in [3.8, 4) is 5.75 Å². The Morgan fingerprint density at radius 3 is 2.47 bits per heavy atom. The minimum absolute atomic E-state index is 0.00369. The van der Waals surface area contributed by atoms with Crippen LogP contribution in [0.1, 0.15) is 62.0 Å². The van der Waals surface area contributed by atoms with Crippen molar-refractivity contribution in [3.63, 3.8) is 0 Å². The number of allylic oxidation sites excluding steroid dienone is 3. The first-order valence-corrected chi connectivity index (χ1v) is 12.9. The molecule has 0 saturated heterocycles. The quantitative estimate of drug-likeness (QED) is 0.331. The van der Waals surface area contributed by atoms with Gasteiger partial charge in [-0.3, -0.25) is 9.59 Å². The molecule has 0 saturated carbocycles. The number of anilines is 1. The number of urea groups is 1. The second-order valence-corrected chi connectivity index (χ2v) is 9.65. The van der Waals surface area contributed by atoms with Crippen LogP contribution in [0.3, 0.4) is 0 Å². The number of benzene rings is 2. The fourth-order valence-electron chi connectivity index (χ4n) is 4.22. The molecule has 2 aromatic rings. The van der Waals surface area contributed by atoms with Crippen LogP contribution in [0.15, 0.2) is 78.4 Å². The predicted molar refractivity (Wildman–Crippen MR) is 151 cm³/mol. The molecule has 1 atom stereocenters. The lowest BCUT2D eigenvalue weighted by molar-refractivity contribution is -0.121. The van der Waals surface area contributed by atoms with E-state index in [1.807, 2.05) is 45.1 Å². The van der Waals surface area contributed by atoms with E-state index < -0.39 is 6.04 Å². The van der Waals surface area contributed by atoms with E-state index in [0.29, 0.717) is 43.1 Å². The van der Waals surface area contributed by atoms with Crippen LogP contribution < -0.4 is 15.4 Å². The first-order chi connectivity index (χ1) is 18.2. The fourth-order valence-corrected chi connectivity index (χ4v) is 4.22. The number of amides is 3. The summed E-state index contributed by atoms with van der Waals surface area (Å²) in [5, 5.41) is 5.67. The maximum Gasteiger partial charge on any atom is 0.319 e. The number of carbonyl (C=O) groups is 3. The summed E-state index contributed by atoms with van der Waals surface area (Å²) in [5.74, 6) is 0.584. The van der Waals surface area contributed by atoms with E-state index >= 15 is 0 Å². The normalized spacial score (nSPS) is 13.4. The Bertz CT molecular complexity index is 1240. The van der Waals surface area contributed by atoms with Gasteiger partial charge in [-0.1, -0.05) is 55.9 Å². The van der Waals surface area contributed by atoms with Gasteiger partial charge in [0, 0.05) is 24.3 Å². The molecule has 2 N–H and O–H groups in total. The maximum atomic E-state index is 12.8. The van der Waals surface area contributed by atoms with Crippen LogP contribution in [0.25, 0.3) is 0 Å². The Morgan fingerprint density at radius 2 is 1.84 bits per heavy atom. The van der Waals surface area contributed by atoms with E-state index in [1.165, 1.54) is 12.5 Å². The van der Waals surface area contributed by atoms with Gasteiger partial charge in [0.05, 0.1) is 6.04 Å². The van der Waals surface area contributed by atoms with Gasteiger partial charge in [0.1, 0.15) is 12.4 Å². The van der Waals surface area contributed by atoms with Crippen LogP contribution >= 0.6 is 0 Å². The summed E-state index contributed by atoms with van der Waals surface area (Å²) >= 11 is 0. The molecule has 0 fully saturated rings. The molecule has 200 valence electrons. The van der Waals surface area contributed by atoms with Crippen molar-refractivity contribution in [1.82, 2.24) is 10.2 Å². The Balaban J connectivity index is 1.52. The van der Waals surface area contributed by atoms with E-state index in [1.54, 1.807) is 41.3 Å². The van der Waals surface area contributed by atoms with E-state index in [0.717, 1.165) is 23.1 Å². The Hall–Kier alpha value is -4.13. The number of Topliss-reactive ketones (excluding diaryl/α,β-unsaturated/α-hetero) is 1. The highest BCUT2D eigenvalue weighted by Gasteiger charge is 2.34. The van der Waals surface area contributed by atoms with E-state index in [-0.39, 0.29) is 17.7 Å². The zero-order chi connectivity index (χ0) is 27.7. The van der Waals surface area contributed by atoms with Crippen molar-refractivity contribution < 1.29 is 19.1 Å². The molecule has 1 aliphatic rings. The summed E-state index contributed by atoms with van der Waals surface area (Å²) < 4.78 is 5.81. The molecular weight excluding hydrogens is 478 g/mol. The first kappa shape index (κ1) is 28.4. The lowest BCUT2D eigenvalue weighted by Gasteiger charge is -2.25. The number of hydrogen-bond acceptors (Lipinski definition) is 4. The average molecular weight is 516 g/mol. The highest BCUT2D eigenvalue weighted by atomic mass is 16.5. The predicted octanol–water partition coefficient (Wildman–Crippen LogP) is 6.18. The summed E-state index contributed by atoms with van der Waals surface area (Å²) in [5.41, 5.74) is 5.18. The standard InChI is InChI=1S/C31H37N3O4/c1-6-8-29(22(5)35)34-19-25-17-24(11-16-28(25)30(34)36)18-32-31(37)33-26-12-14-27(15-13-26)38-20-23(7-2)10-9-21(3)4/h7,9-17,29H,2,6,8,18-20H2,1,3-5H3,(H2,32,33,37)/b23-10+. The summed E-state index contributed by atoms with van der Waals surface area (Å²) in [7, 11) is 0. The number of ether oxygens (including phenoxy) is 1. The average Bonchev–Trinajstić information content (AvgIpc) is 3.21. The number of carbonyl (C=O) groups excluding carboxylic acids is 3. The van der Waals surface area contributed by atoms with Crippen molar-refractivity contribution in [3.05, 3.63) is 95.1 Å². The summed E-state index contributed by atoms with van der Waals surface area (Å²) in [6.45, 7) is 12.5. The fraction of sp³-hybridized carbons (Fsp3) is 0.323. The Kier molecular flexibility index (Phi) is 10.0. The van der Waals surface area contributed by atoms with Gasteiger partial charge in [-0.25, -0.2) is 4.79 Å². The maximum absolute atomic E-state index is 12.8. The van der Waals surface area contributed by atoms with Gasteiger partial charge < -0.3 is 20.3 Å². The second kappa shape index (κ2) is 13.4. The van der Waals surface area contributed by atoms with Gasteiger partial charge >= 0.3 is 6.03 Å². The van der Waals surface area contributed by atoms with E-state index in [9.17, 15) is 14.4 Å². The minimum atomic E-state index is -0.396. The lowest BCUT2D eigenvalue weighted by Crippen LogP contribution is -2.40. The smallest absolute Gasteiger partial charge is 0.319 e. The van der Waals surface area contributed by atoms with Gasteiger partial charge in [-0.05, 0) is 74.2 Å². The SMILES string of the molecule is C=C/C(=C\C=C(C)C)COc1ccc(NC(=O)NCc2ccc3c(c2)CN(C(CCC)C(C)=O)C3=O)cc1. The largest absolute Gasteiger partial charge is 0.489 e. The second-order valence-electron chi connectivity index (χ2n) is 9.65. The van der Waals surface area contributed by atoms with Gasteiger partial charge in [0.15, 0.2) is 5.78 Å². The lowest BCUT2D eigenvalue weighted by atomic mass is 10.1. The molecule has 0 aromatic heterocycles. The van der Waals surface area contributed by atoms with Crippen LogP contribution in [0.5, 0.6) is 5.75 Å². The van der Waals surface area contributed by atoms with Crippen molar-refractivity contribution in [2.24, 2.45) is 0 Å². The summed E-state index contributed by atoms with van der Waals surface area (Å²) in [4.78, 5) is 39.0. The molecule has 1 aliphatic heterocycles. The van der Waals surface area contributed by atoms with Crippen LogP contribution in [0, 0.1) is 0 Å². The third-order valence-corrected chi connectivity index (χ3v) is 6.27. The first-order valence-electron chi connectivity index (χ1n) is 12.9. The van der Waals surface area contributed by atoms with Gasteiger partial charge in [0.25, 0.3) is 5.91 Å². The van der Waals surface area contributed by atoms with E-state index in [4.69, 9.17) is 4.74 Å². The molecule has 0 aliphatic carbocycles. The molecular formula is C31H37N3O4. The highest BCUT2D eigenvalue weighted by Crippen LogP contribution is 2.27. The zero-order valence-electron chi connectivity index (χ0n) is 22.7. The number of rotatable bonds is 12. The Morgan fingerprint density at radius 1 is 1.11 bits per heavy atom. The summed E-state index contributed by atoms with van der Waals surface area (Å²) in [6.07, 6.45) is 7.24. The van der Waals surface area contributed by atoms with Crippen LogP contribution in [0.4, 0.5) is 10.5 Å². The Labute approximate surface area is 225 Å². The molecule has 1 unspecified atom stereocenters. The molecule has 7 heteroatoms. The van der Waals surface area contributed by atoms with Gasteiger partial charge in [-0.2, -0.15) is 0 Å². The monoisotopic (exact) mass is 515 g/mol. The third-order valence-electron chi connectivity index (χ3n) is 6.27. The molecule has 2 aromatic carbocycles. The van der Waals surface area contributed by atoms with Crippen molar-refractivity contribution in [2.75, 3.05) is 11.9 Å². The van der Waals surface area contributed by atoms with Crippen molar-refractivity contribution in [2.45, 2.75) is 59.7 Å².